The van der Waals surface area contributed by atoms with Gasteiger partial charge in [0.2, 0.25) is 0 Å². The molecule has 1 aliphatic carbocycles. The first-order valence-electron chi connectivity index (χ1n) is 6.03. The Morgan fingerprint density at radius 1 is 1.41 bits per heavy atom. The van der Waals surface area contributed by atoms with Crippen LogP contribution in [0.5, 0.6) is 0 Å². The fraction of sp³-hybridized carbons (Fsp3) is 0.538. The summed E-state index contributed by atoms with van der Waals surface area (Å²) in [6.45, 7) is 1.83. The van der Waals surface area contributed by atoms with Crippen molar-refractivity contribution in [1.82, 2.24) is 4.98 Å². The molecule has 92 valence electrons. The molecule has 1 aliphatic rings. The molecule has 1 fully saturated rings. The highest BCUT2D eigenvalue weighted by molar-refractivity contribution is 7.99. The van der Waals surface area contributed by atoms with Gasteiger partial charge in [0.15, 0.2) is 0 Å². The molecule has 1 heterocycles. The molecule has 3 nitrogen and oxygen atoms in total. The lowest BCUT2D eigenvalue weighted by Crippen LogP contribution is -2.08. The zero-order chi connectivity index (χ0) is 12.3. The third-order valence-corrected chi connectivity index (χ3v) is 4.43. The van der Waals surface area contributed by atoms with Gasteiger partial charge in [-0.05, 0) is 31.4 Å². The van der Waals surface area contributed by atoms with Gasteiger partial charge in [0.25, 0.3) is 0 Å². The fourth-order valence-electron chi connectivity index (χ4n) is 2.17. The van der Waals surface area contributed by atoms with Crippen LogP contribution in [0, 0.1) is 6.92 Å². The van der Waals surface area contributed by atoms with Crippen molar-refractivity contribution in [2.75, 3.05) is 0 Å². The Bertz CT molecular complexity index is 414. The van der Waals surface area contributed by atoms with Gasteiger partial charge in [-0.3, -0.25) is 0 Å². The zero-order valence-corrected chi connectivity index (χ0v) is 10.8. The highest BCUT2D eigenvalue weighted by atomic mass is 32.2. The summed E-state index contributed by atoms with van der Waals surface area (Å²) in [5.41, 5.74) is 1.10. The van der Waals surface area contributed by atoms with Crippen LogP contribution in [0.2, 0.25) is 0 Å². The first-order valence-corrected chi connectivity index (χ1v) is 6.91. The van der Waals surface area contributed by atoms with Crippen LogP contribution in [0.3, 0.4) is 0 Å². The van der Waals surface area contributed by atoms with Crippen molar-refractivity contribution in [3.8, 4) is 0 Å². The molecule has 1 saturated carbocycles. The monoisotopic (exact) mass is 251 g/mol. The van der Waals surface area contributed by atoms with Crippen LogP contribution in [0.1, 0.15) is 48.0 Å². The van der Waals surface area contributed by atoms with E-state index < -0.39 is 5.97 Å². The number of hydrogen-bond acceptors (Lipinski definition) is 3. The van der Waals surface area contributed by atoms with Gasteiger partial charge in [-0.25, -0.2) is 9.78 Å². The van der Waals surface area contributed by atoms with Crippen LogP contribution >= 0.6 is 11.8 Å². The van der Waals surface area contributed by atoms with E-state index in [0.29, 0.717) is 10.8 Å². The maximum Gasteiger partial charge on any atom is 0.337 e. The van der Waals surface area contributed by atoms with Crippen molar-refractivity contribution in [1.29, 1.82) is 0 Å². The number of aromatic nitrogens is 1. The van der Waals surface area contributed by atoms with Crippen molar-refractivity contribution in [3.05, 3.63) is 23.4 Å². The average molecular weight is 251 g/mol. The molecule has 0 bridgehead atoms. The number of carboxylic acids is 1. The Kier molecular flexibility index (Phi) is 4.05. The molecule has 0 radical (unpaired) electrons. The molecule has 1 aromatic rings. The topological polar surface area (TPSA) is 50.2 Å². The number of carboxylic acid groups (broad SMARTS) is 1. The van der Waals surface area contributed by atoms with Crippen LogP contribution in [0.4, 0.5) is 0 Å². The van der Waals surface area contributed by atoms with Crippen LogP contribution in [-0.4, -0.2) is 21.3 Å². The zero-order valence-electron chi connectivity index (χ0n) is 9.98. The maximum atomic E-state index is 10.9. The molecular weight excluding hydrogens is 234 g/mol. The van der Waals surface area contributed by atoms with Crippen LogP contribution in [-0.2, 0) is 0 Å². The smallest absolute Gasteiger partial charge is 0.337 e. The highest BCUT2D eigenvalue weighted by Crippen LogP contribution is 2.33. The second kappa shape index (κ2) is 5.54. The van der Waals surface area contributed by atoms with Crippen molar-refractivity contribution in [3.63, 3.8) is 0 Å². The van der Waals surface area contributed by atoms with Gasteiger partial charge in [0.05, 0.1) is 10.6 Å². The van der Waals surface area contributed by atoms with E-state index in [1.165, 1.54) is 38.3 Å². The largest absolute Gasteiger partial charge is 0.478 e. The van der Waals surface area contributed by atoms with Crippen LogP contribution < -0.4 is 0 Å². The van der Waals surface area contributed by atoms with E-state index in [1.54, 1.807) is 11.8 Å². The van der Waals surface area contributed by atoms with E-state index in [1.807, 2.05) is 13.0 Å². The van der Waals surface area contributed by atoms with Crippen molar-refractivity contribution in [2.24, 2.45) is 0 Å². The van der Waals surface area contributed by atoms with E-state index in [2.05, 4.69) is 4.98 Å². The summed E-state index contributed by atoms with van der Waals surface area (Å²) in [6.07, 6.45) is 7.95. The maximum absolute atomic E-state index is 10.9. The minimum atomic E-state index is -0.899. The molecule has 0 atom stereocenters. The van der Waals surface area contributed by atoms with E-state index >= 15 is 0 Å². The molecule has 0 amide bonds. The van der Waals surface area contributed by atoms with Crippen molar-refractivity contribution in [2.45, 2.75) is 49.3 Å². The molecule has 0 aromatic carbocycles. The molecule has 0 spiro atoms. The standard InChI is InChI=1S/C13H17NO2S/c1-9-7-12(14-8-11(9)13(15)16)17-10-5-3-2-4-6-10/h7-8,10H,2-6H2,1H3,(H,15,16). The Morgan fingerprint density at radius 3 is 2.71 bits per heavy atom. The summed E-state index contributed by atoms with van der Waals surface area (Å²) in [7, 11) is 0. The Labute approximate surface area is 106 Å². The van der Waals surface area contributed by atoms with Gasteiger partial charge in [0.1, 0.15) is 0 Å². The molecule has 17 heavy (non-hydrogen) atoms. The average Bonchev–Trinajstić information content (AvgIpc) is 2.30. The second-order valence-corrected chi connectivity index (χ2v) is 5.84. The molecule has 0 unspecified atom stereocenters. The minimum Gasteiger partial charge on any atom is -0.478 e. The number of rotatable bonds is 3. The first-order chi connectivity index (χ1) is 8.16. The summed E-state index contributed by atoms with van der Waals surface area (Å²) in [4.78, 5) is 15.1. The van der Waals surface area contributed by atoms with Gasteiger partial charge >= 0.3 is 5.97 Å². The van der Waals surface area contributed by atoms with Gasteiger partial charge in [-0.1, -0.05) is 19.3 Å². The van der Waals surface area contributed by atoms with E-state index in [-0.39, 0.29) is 0 Å². The lowest BCUT2D eigenvalue weighted by molar-refractivity contribution is 0.0695. The van der Waals surface area contributed by atoms with Gasteiger partial charge in [0, 0.05) is 11.4 Å². The van der Waals surface area contributed by atoms with E-state index in [0.717, 1.165) is 10.6 Å². The number of nitrogens with zero attached hydrogens (tertiary/aromatic N) is 1. The summed E-state index contributed by atoms with van der Waals surface area (Å²) < 4.78 is 0. The third-order valence-electron chi connectivity index (χ3n) is 3.16. The lowest BCUT2D eigenvalue weighted by Gasteiger charge is -2.20. The first kappa shape index (κ1) is 12.4. The lowest BCUT2D eigenvalue weighted by atomic mass is 10.0. The molecule has 4 heteroatoms. The van der Waals surface area contributed by atoms with Gasteiger partial charge in [-0.2, -0.15) is 0 Å². The highest BCUT2D eigenvalue weighted by Gasteiger charge is 2.16. The molecular formula is C13H17NO2S. The Balaban J connectivity index is 2.06. The van der Waals surface area contributed by atoms with Gasteiger partial charge in [-0.15, -0.1) is 11.8 Å². The number of thioether (sulfide) groups is 1. The summed E-state index contributed by atoms with van der Waals surface area (Å²) >= 11 is 1.80. The fourth-order valence-corrected chi connectivity index (χ4v) is 3.44. The number of aromatic carboxylic acids is 1. The summed E-state index contributed by atoms with van der Waals surface area (Å²) in [5, 5.41) is 10.5. The number of aryl methyl sites for hydroxylation is 1. The SMILES string of the molecule is Cc1cc(SC2CCCCC2)ncc1C(=O)O. The normalized spacial score (nSPS) is 17.0. The quantitative estimate of drug-likeness (QED) is 0.893. The number of carbonyl (C=O) groups is 1. The summed E-state index contributed by atoms with van der Waals surface area (Å²) in [5.74, 6) is -0.899. The van der Waals surface area contributed by atoms with E-state index in [9.17, 15) is 4.79 Å². The Morgan fingerprint density at radius 2 is 2.12 bits per heavy atom. The van der Waals surface area contributed by atoms with Crippen molar-refractivity contribution >= 4 is 17.7 Å². The molecule has 2 rings (SSSR count). The predicted octanol–water partition coefficient (Wildman–Crippen LogP) is 3.51. The third kappa shape index (κ3) is 3.22. The summed E-state index contributed by atoms with van der Waals surface area (Å²) in [6, 6.07) is 1.89. The molecule has 1 aromatic heterocycles. The molecule has 0 aliphatic heterocycles. The van der Waals surface area contributed by atoms with E-state index in [4.69, 9.17) is 5.11 Å². The minimum absolute atomic E-state index is 0.304. The number of pyridine rings is 1. The van der Waals surface area contributed by atoms with Gasteiger partial charge < -0.3 is 5.11 Å². The van der Waals surface area contributed by atoms with Crippen LogP contribution in [0.25, 0.3) is 0 Å². The second-order valence-electron chi connectivity index (χ2n) is 4.52. The van der Waals surface area contributed by atoms with Crippen molar-refractivity contribution < 1.29 is 9.90 Å². The molecule has 0 saturated heterocycles. The Hall–Kier alpha value is -1.03. The number of hydrogen-bond donors (Lipinski definition) is 1. The molecule has 1 N–H and O–H groups in total. The predicted molar refractivity (Wildman–Crippen MR) is 68.7 cm³/mol. The van der Waals surface area contributed by atoms with Crippen LogP contribution in [0.15, 0.2) is 17.3 Å².